The summed E-state index contributed by atoms with van der Waals surface area (Å²) in [5.41, 5.74) is 2.77. The van der Waals surface area contributed by atoms with Gasteiger partial charge in [-0.1, -0.05) is 12.1 Å². The number of amides is 1. The van der Waals surface area contributed by atoms with E-state index in [2.05, 4.69) is 0 Å². The Kier molecular flexibility index (Phi) is 5.00. The highest BCUT2D eigenvalue weighted by Gasteiger charge is 2.17. The number of carbonyl (C=O) groups excluding carboxylic acids is 1. The van der Waals surface area contributed by atoms with Crippen LogP contribution in [0, 0.1) is 6.92 Å². The lowest BCUT2D eigenvalue weighted by molar-refractivity contribution is 0.0784. The van der Waals surface area contributed by atoms with Crippen LogP contribution in [-0.4, -0.2) is 37.3 Å². The van der Waals surface area contributed by atoms with Gasteiger partial charge in [-0.15, -0.1) is 11.8 Å². The first-order valence-corrected chi connectivity index (χ1v) is 9.09. The zero-order valence-electron chi connectivity index (χ0n) is 14.2. The second-order valence-electron chi connectivity index (χ2n) is 5.82. The van der Waals surface area contributed by atoms with Crippen LogP contribution in [0.5, 0.6) is 11.5 Å². The van der Waals surface area contributed by atoms with E-state index in [1.807, 2.05) is 56.6 Å². The number of thioether (sulfide) groups is 1. The van der Waals surface area contributed by atoms with Gasteiger partial charge in [0, 0.05) is 24.1 Å². The monoisotopic (exact) mass is 343 g/mol. The third-order valence-electron chi connectivity index (χ3n) is 4.05. The van der Waals surface area contributed by atoms with Crippen molar-refractivity contribution in [3.63, 3.8) is 0 Å². The smallest absolute Gasteiger partial charge is 0.254 e. The molecule has 0 bridgehead atoms. The van der Waals surface area contributed by atoms with Crippen molar-refractivity contribution in [1.82, 2.24) is 4.90 Å². The summed E-state index contributed by atoms with van der Waals surface area (Å²) in [6, 6.07) is 11.8. The Balaban J connectivity index is 1.77. The normalized spacial score (nSPS) is 12.8. The lowest BCUT2D eigenvalue weighted by Crippen LogP contribution is -2.27. The van der Waals surface area contributed by atoms with Gasteiger partial charge in [-0.3, -0.25) is 4.79 Å². The third kappa shape index (κ3) is 3.51. The molecule has 0 saturated heterocycles. The van der Waals surface area contributed by atoms with E-state index in [1.54, 1.807) is 16.7 Å². The molecule has 0 spiro atoms. The van der Waals surface area contributed by atoms with E-state index < -0.39 is 0 Å². The highest BCUT2D eigenvalue weighted by molar-refractivity contribution is 7.98. The minimum absolute atomic E-state index is 0.0262. The van der Waals surface area contributed by atoms with Gasteiger partial charge in [0.2, 0.25) is 0 Å². The van der Waals surface area contributed by atoms with E-state index in [-0.39, 0.29) is 5.91 Å². The molecule has 24 heavy (non-hydrogen) atoms. The quantitative estimate of drug-likeness (QED) is 0.793. The van der Waals surface area contributed by atoms with Crippen molar-refractivity contribution >= 4 is 17.7 Å². The maximum absolute atomic E-state index is 12.8. The van der Waals surface area contributed by atoms with E-state index in [9.17, 15) is 4.79 Å². The first kappa shape index (κ1) is 16.7. The van der Waals surface area contributed by atoms with Crippen LogP contribution >= 0.6 is 11.8 Å². The SMILES string of the molecule is CSc1ccc(C)c(C(=O)N(C)Cc2ccc3c(c2)OCCO3)c1. The second kappa shape index (κ2) is 7.18. The van der Waals surface area contributed by atoms with Crippen LogP contribution in [0.25, 0.3) is 0 Å². The first-order valence-electron chi connectivity index (χ1n) is 7.87. The van der Waals surface area contributed by atoms with Gasteiger partial charge in [-0.05, 0) is 48.6 Å². The molecule has 0 aliphatic carbocycles. The molecule has 0 aromatic heterocycles. The van der Waals surface area contributed by atoms with Gasteiger partial charge >= 0.3 is 0 Å². The Morgan fingerprint density at radius 1 is 1.12 bits per heavy atom. The minimum atomic E-state index is 0.0262. The van der Waals surface area contributed by atoms with Gasteiger partial charge in [0.25, 0.3) is 5.91 Å². The molecule has 1 heterocycles. The number of hydrogen-bond donors (Lipinski definition) is 0. The Hall–Kier alpha value is -2.14. The number of carbonyl (C=O) groups is 1. The van der Waals surface area contributed by atoms with Gasteiger partial charge in [0.1, 0.15) is 13.2 Å². The van der Waals surface area contributed by atoms with Crippen molar-refractivity contribution in [3.05, 3.63) is 53.1 Å². The maximum Gasteiger partial charge on any atom is 0.254 e. The summed E-state index contributed by atoms with van der Waals surface area (Å²) in [6.07, 6.45) is 2.01. The average Bonchev–Trinajstić information content (AvgIpc) is 2.61. The van der Waals surface area contributed by atoms with Crippen molar-refractivity contribution in [3.8, 4) is 11.5 Å². The molecule has 3 rings (SSSR count). The molecule has 0 radical (unpaired) electrons. The van der Waals surface area contributed by atoms with Gasteiger partial charge in [0.05, 0.1) is 0 Å². The Labute approximate surface area is 146 Å². The van der Waals surface area contributed by atoms with Crippen molar-refractivity contribution in [2.75, 3.05) is 26.5 Å². The number of benzene rings is 2. The summed E-state index contributed by atoms with van der Waals surface area (Å²) >= 11 is 1.64. The molecule has 1 aliphatic rings. The Morgan fingerprint density at radius 2 is 1.88 bits per heavy atom. The predicted octanol–water partition coefficient (Wildman–Crippen LogP) is 3.76. The molecule has 5 heteroatoms. The first-order chi connectivity index (χ1) is 11.6. The molecule has 126 valence electrons. The topological polar surface area (TPSA) is 38.8 Å². The van der Waals surface area contributed by atoms with Crippen molar-refractivity contribution < 1.29 is 14.3 Å². The second-order valence-corrected chi connectivity index (χ2v) is 6.70. The molecule has 0 atom stereocenters. The van der Waals surface area contributed by atoms with E-state index in [0.29, 0.717) is 19.8 Å². The minimum Gasteiger partial charge on any atom is -0.486 e. The van der Waals surface area contributed by atoms with E-state index in [4.69, 9.17) is 9.47 Å². The van der Waals surface area contributed by atoms with Gasteiger partial charge in [0.15, 0.2) is 11.5 Å². The summed E-state index contributed by atoms with van der Waals surface area (Å²) in [6.45, 7) is 3.63. The fourth-order valence-corrected chi connectivity index (χ4v) is 3.14. The highest BCUT2D eigenvalue weighted by atomic mass is 32.2. The lowest BCUT2D eigenvalue weighted by Gasteiger charge is -2.22. The summed E-state index contributed by atoms with van der Waals surface area (Å²) in [7, 11) is 1.82. The zero-order valence-corrected chi connectivity index (χ0v) is 15.0. The molecule has 2 aromatic carbocycles. The fourth-order valence-electron chi connectivity index (χ4n) is 2.70. The maximum atomic E-state index is 12.8. The van der Waals surface area contributed by atoms with E-state index in [1.165, 1.54) is 0 Å². The summed E-state index contributed by atoms with van der Waals surface area (Å²) in [4.78, 5) is 15.6. The van der Waals surface area contributed by atoms with Crippen molar-refractivity contribution in [1.29, 1.82) is 0 Å². The Bertz CT molecular complexity index is 760. The standard InChI is InChI=1S/C19H21NO3S/c1-13-4-6-15(24-3)11-16(13)19(21)20(2)12-14-5-7-17-18(10-14)23-9-8-22-17/h4-7,10-11H,8-9,12H2,1-3H3. The number of hydrogen-bond acceptors (Lipinski definition) is 4. The fraction of sp³-hybridized carbons (Fsp3) is 0.316. The van der Waals surface area contributed by atoms with Gasteiger partial charge in [-0.2, -0.15) is 0 Å². The molecular formula is C19H21NO3S. The van der Waals surface area contributed by atoms with Crippen molar-refractivity contribution in [2.24, 2.45) is 0 Å². The number of fused-ring (bicyclic) bond motifs is 1. The lowest BCUT2D eigenvalue weighted by atomic mass is 10.1. The van der Waals surface area contributed by atoms with Crippen LogP contribution in [-0.2, 0) is 6.54 Å². The zero-order chi connectivity index (χ0) is 17.1. The van der Waals surface area contributed by atoms with E-state index in [0.717, 1.165) is 33.1 Å². The van der Waals surface area contributed by atoms with Gasteiger partial charge < -0.3 is 14.4 Å². The number of aryl methyl sites for hydroxylation is 1. The third-order valence-corrected chi connectivity index (χ3v) is 4.77. The summed E-state index contributed by atoms with van der Waals surface area (Å²) in [5.74, 6) is 1.54. The average molecular weight is 343 g/mol. The van der Waals surface area contributed by atoms with Crippen molar-refractivity contribution in [2.45, 2.75) is 18.4 Å². The van der Waals surface area contributed by atoms with Crippen LogP contribution in [0.4, 0.5) is 0 Å². The summed E-state index contributed by atoms with van der Waals surface area (Å²) < 4.78 is 11.1. The molecule has 2 aromatic rings. The largest absolute Gasteiger partial charge is 0.486 e. The molecule has 0 saturated carbocycles. The predicted molar refractivity (Wildman–Crippen MR) is 96.2 cm³/mol. The molecule has 1 aliphatic heterocycles. The molecule has 1 amide bonds. The van der Waals surface area contributed by atoms with E-state index >= 15 is 0 Å². The highest BCUT2D eigenvalue weighted by Crippen LogP contribution is 2.31. The molecule has 0 unspecified atom stereocenters. The van der Waals surface area contributed by atoms with Crippen LogP contribution in [0.15, 0.2) is 41.3 Å². The Morgan fingerprint density at radius 3 is 2.62 bits per heavy atom. The van der Waals surface area contributed by atoms with Gasteiger partial charge in [-0.25, -0.2) is 0 Å². The number of ether oxygens (including phenoxy) is 2. The van der Waals surface area contributed by atoms with Crippen LogP contribution in [0.2, 0.25) is 0 Å². The number of nitrogens with zero attached hydrogens (tertiary/aromatic N) is 1. The molecular weight excluding hydrogens is 322 g/mol. The van der Waals surface area contributed by atoms with Crippen LogP contribution in [0.3, 0.4) is 0 Å². The number of rotatable bonds is 4. The molecule has 0 N–H and O–H groups in total. The van der Waals surface area contributed by atoms with Crippen LogP contribution in [0.1, 0.15) is 21.5 Å². The molecule has 0 fully saturated rings. The summed E-state index contributed by atoms with van der Waals surface area (Å²) in [5, 5.41) is 0. The molecule has 4 nitrogen and oxygen atoms in total. The van der Waals surface area contributed by atoms with Crippen LogP contribution < -0.4 is 9.47 Å².